The van der Waals surface area contributed by atoms with Gasteiger partial charge in [0, 0.05) is 21.2 Å². The molecule has 1 N–H and O–H groups in total. The molecule has 0 saturated heterocycles. The van der Waals surface area contributed by atoms with Crippen molar-refractivity contribution >= 4 is 22.7 Å². The Morgan fingerprint density at radius 1 is 1.29 bits per heavy atom. The van der Waals surface area contributed by atoms with Gasteiger partial charge in [0.15, 0.2) is 0 Å². The predicted octanol–water partition coefficient (Wildman–Crippen LogP) is 3.50. The second kappa shape index (κ2) is 4.26. The topological polar surface area (TPSA) is 12.0 Å². The standard InChI is InChI=1S/C11H13NS2/c1-8-3-4-10(14-8)11-5-9(6-12-2)7-13-11/h3-5,7,12H,6H2,1-2H3. The Kier molecular flexibility index (Phi) is 3.01. The van der Waals surface area contributed by atoms with Gasteiger partial charge in [0.05, 0.1) is 0 Å². The van der Waals surface area contributed by atoms with Crippen molar-refractivity contribution < 1.29 is 0 Å². The summed E-state index contributed by atoms with van der Waals surface area (Å²) in [5.74, 6) is 0. The van der Waals surface area contributed by atoms with Crippen LogP contribution in [0, 0.1) is 6.92 Å². The van der Waals surface area contributed by atoms with Gasteiger partial charge in [-0.1, -0.05) is 0 Å². The highest BCUT2D eigenvalue weighted by Gasteiger charge is 2.03. The molecule has 0 unspecified atom stereocenters. The largest absolute Gasteiger partial charge is 0.316 e. The first-order valence-electron chi connectivity index (χ1n) is 4.58. The fraction of sp³-hybridized carbons (Fsp3) is 0.273. The molecule has 0 aromatic carbocycles. The molecule has 2 aromatic rings. The normalized spacial score (nSPS) is 10.7. The van der Waals surface area contributed by atoms with Gasteiger partial charge in [-0.15, -0.1) is 22.7 Å². The van der Waals surface area contributed by atoms with E-state index in [2.05, 4.69) is 35.8 Å². The molecule has 0 atom stereocenters. The quantitative estimate of drug-likeness (QED) is 0.839. The summed E-state index contributed by atoms with van der Waals surface area (Å²) in [6.07, 6.45) is 0. The molecule has 1 nitrogen and oxygen atoms in total. The van der Waals surface area contributed by atoms with Crippen LogP contribution in [0.3, 0.4) is 0 Å². The minimum Gasteiger partial charge on any atom is -0.316 e. The van der Waals surface area contributed by atoms with Gasteiger partial charge >= 0.3 is 0 Å². The Bertz CT molecular complexity index is 414. The van der Waals surface area contributed by atoms with E-state index in [0.717, 1.165) is 6.54 Å². The third kappa shape index (κ3) is 2.05. The summed E-state index contributed by atoms with van der Waals surface area (Å²) in [4.78, 5) is 4.15. The first kappa shape index (κ1) is 9.90. The van der Waals surface area contributed by atoms with Crippen molar-refractivity contribution in [2.24, 2.45) is 0 Å². The molecule has 0 spiro atoms. The van der Waals surface area contributed by atoms with Crippen LogP contribution in [0.1, 0.15) is 10.4 Å². The van der Waals surface area contributed by atoms with E-state index in [0.29, 0.717) is 0 Å². The zero-order chi connectivity index (χ0) is 9.97. The van der Waals surface area contributed by atoms with E-state index < -0.39 is 0 Å². The molecule has 2 heterocycles. The fourth-order valence-electron chi connectivity index (χ4n) is 1.37. The molecule has 14 heavy (non-hydrogen) atoms. The van der Waals surface area contributed by atoms with Gasteiger partial charge in [0.2, 0.25) is 0 Å². The van der Waals surface area contributed by atoms with Crippen LogP contribution in [0.25, 0.3) is 9.75 Å². The number of hydrogen-bond donors (Lipinski definition) is 1. The SMILES string of the molecule is CNCc1csc(-c2ccc(C)s2)c1. The Balaban J connectivity index is 2.24. The second-order valence-corrected chi connectivity index (χ2v) is 5.46. The number of hydrogen-bond acceptors (Lipinski definition) is 3. The molecular formula is C11H13NS2. The first-order chi connectivity index (χ1) is 6.79. The van der Waals surface area contributed by atoms with Crippen LogP contribution in [0.15, 0.2) is 23.6 Å². The molecule has 0 aliphatic rings. The minimum absolute atomic E-state index is 0.959. The van der Waals surface area contributed by atoms with Crippen LogP contribution < -0.4 is 5.32 Å². The zero-order valence-electron chi connectivity index (χ0n) is 8.33. The molecule has 2 aromatic heterocycles. The lowest BCUT2D eigenvalue weighted by Crippen LogP contribution is -2.03. The predicted molar refractivity (Wildman–Crippen MR) is 65.1 cm³/mol. The third-order valence-electron chi connectivity index (χ3n) is 2.02. The van der Waals surface area contributed by atoms with E-state index in [4.69, 9.17) is 0 Å². The van der Waals surface area contributed by atoms with Gasteiger partial charge in [-0.05, 0) is 43.1 Å². The smallest absolute Gasteiger partial charge is 0.0445 e. The molecule has 0 radical (unpaired) electrons. The van der Waals surface area contributed by atoms with Gasteiger partial charge in [0.25, 0.3) is 0 Å². The summed E-state index contributed by atoms with van der Waals surface area (Å²) in [6.45, 7) is 3.11. The van der Waals surface area contributed by atoms with Crippen molar-refractivity contribution in [2.45, 2.75) is 13.5 Å². The molecule has 3 heteroatoms. The molecule has 0 bridgehead atoms. The molecule has 74 valence electrons. The van der Waals surface area contributed by atoms with E-state index in [-0.39, 0.29) is 0 Å². The minimum atomic E-state index is 0.959. The summed E-state index contributed by atoms with van der Waals surface area (Å²) in [6, 6.07) is 6.65. The van der Waals surface area contributed by atoms with Gasteiger partial charge in [-0.2, -0.15) is 0 Å². The maximum Gasteiger partial charge on any atom is 0.0445 e. The Morgan fingerprint density at radius 3 is 2.79 bits per heavy atom. The van der Waals surface area contributed by atoms with Gasteiger partial charge in [-0.25, -0.2) is 0 Å². The maximum atomic E-state index is 3.16. The van der Waals surface area contributed by atoms with E-state index in [1.807, 2.05) is 29.7 Å². The Hall–Kier alpha value is -0.640. The van der Waals surface area contributed by atoms with Crippen LogP contribution in [-0.4, -0.2) is 7.05 Å². The third-order valence-corrected chi connectivity index (χ3v) is 4.19. The van der Waals surface area contributed by atoms with Gasteiger partial charge in [0.1, 0.15) is 0 Å². The average Bonchev–Trinajstić information content (AvgIpc) is 2.74. The number of aryl methyl sites for hydroxylation is 1. The Labute approximate surface area is 92.4 Å². The second-order valence-electron chi connectivity index (χ2n) is 3.26. The van der Waals surface area contributed by atoms with E-state index >= 15 is 0 Å². The first-order valence-corrected chi connectivity index (χ1v) is 6.28. The molecule has 0 saturated carbocycles. The highest BCUT2D eigenvalue weighted by molar-refractivity contribution is 7.21. The van der Waals surface area contributed by atoms with Crippen LogP contribution in [0.5, 0.6) is 0 Å². The van der Waals surface area contributed by atoms with Crippen LogP contribution in [0.4, 0.5) is 0 Å². The monoisotopic (exact) mass is 223 g/mol. The lowest BCUT2D eigenvalue weighted by atomic mass is 10.3. The summed E-state index contributed by atoms with van der Waals surface area (Å²) in [5.41, 5.74) is 1.37. The lowest BCUT2D eigenvalue weighted by Gasteiger charge is -1.92. The highest BCUT2D eigenvalue weighted by atomic mass is 32.1. The van der Waals surface area contributed by atoms with Gasteiger partial charge in [-0.3, -0.25) is 0 Å². The summed E-state index contributed by atoms with van der Waals surface area (Å²) >= 11 is 3.69. The van der Waals surface area contributed by atoms with Crippen LogP contribution >= 0.6 is 22.7 Å². The number of thiophene rings is 2. The van der Waals surface area contributed by atoms with E-state index in [1.54, 1.807) is 0 Å². The maximum absolute atomic E-state index is 3.16. The summed E-state index contributed by atoms with van der Waals surface area (Å²) in [7, 11) is 1.98. The van der Waals surface area contributed by atoms with E-state index in [9.17, 15) is 0 Å². The van der Waals surface area contributed by atoms with E-state index in [1.165, 1.54) is 20.2 Å². The molecule has 0 aliphatic heterocycles. The van der Waals surface area contributed by atoms with Crippen molar-refractivity contribution in [3.05, 3.63) is 34.0 Å². The Morgan fingerprint density at radius 2 is 2.14 bits per heavy atom. The molecule has 2 rings (SSSR count). The molecule has 0 fully saturated rings. The summed E-state index contributed by atoms with van der Waals surface area (Å²) < 4.78 is 0. The van der Waals surface area contributed by atoms with Crippen molar-refractivity contribution in [3.63, 3.8) is 0 Å². The van der Waals surface area contributed by atoms with Crippen LogP contribution in [-0.2, 0) is 6.54 Å². The number of nitrogens with one attached hydrogen (secondary N) is 1. The van der Waals surface area contributed by atoms with Crippen molar-refractivity contribution in [1.29, 1.82) is 0 Å². The summed E-state index contributed by atoms with van der Waals surface area (Å²) in [5, 5.41) is 5.39. The molecule has 0 aliphatic carbocycles. The lowest BCUT2D eigenvalue weighted by molar-refractivity contribution is 0.821. The fourth-order valence-corrected chi connectivity index (χ4v) is 3.25. The molecule has 0 amide bonds. The van der Waals surface area contributed by atoms with Crippen molar-refractivity contribution in [1.82, 2.24) is 5.32 Å². The highest BCUT2D eigenvalue weighted by Crippen LogP contribution is 2.32. The number of rotatable bonds is 3. The van der Waals surface area contributed by atoms with Crippen LogP contribution in [0.2, 0.25) is 0 Å². The zero-order valence-corrected chi connectivity index (χ0v) is 9.97. The molecular weight excluding hydrogens is 210 g/mol. The van der Waals surface area contributed by atoms with Gasteiger partial charge < -0.3 is 5.32 Å². The van der Waals surface area contributed by atoms with Crippen molar-refractivity contribution in [2.75, 3.05) is 7.05 Å². The average molecular weight is 223 g/mol. The van der Waals surface area contributed by atoms with Crippen molar-refractivity contribution in [3.8, 4) is 9.75 Å².